The van der Waals surface area contributed by atoms with Crippen LogP contribution in [-0.4, -0.2) is 18.3 Å². The van der Waals surface area contributed by atoms with Gasteiger partial charge < -0.3 is 10.4 Å². The second-order valence-electron chi connectivity index (χ2n) is 2.36. The van der Waals surface area contributed by atoms with Crippen molar-refractivity contribution in [2.45, 2.75) is 0 Å². The van der Waals surface area contributed by atoms with E-state index in [0.29, 0.717) is 6.54 Å². The number of anilines is 1. The molecule has 0 fully saturated rings. The van der Waals surface area contributed by atoms with Gasteiger partial charge in [0.2, 0.25) is 0 Å². The minimum absolute atomic E-state index is 0.110. The Balaban J connectivity index is 2.68. The van der Waals surface area contributed by atoms with E-state index in [-0.39, 0.29) is 6.61 Å². The summed E-state index contributed by atoms with van der Waals surface area (Å²) in [5.74, 6) is 2.29. The monoisotopic (exact) mass is 160 g/mol. The third-order valence-corrected chi connectivity index (χ3v) is 1.45. The highest BCUT2D eigenvalue weighted by Gasteiger charge is 1.91. The van der Waals surface area contributed by atoms with E-state index in [1.807, 2.05) is 18.2 Å². The number of hydrogen-bond donors (Lipinski definition) is 2. The molecular formula is C10H10NO. The van der Waals surface area contributed by atoms with E-state index in [0.717, 1.165) is 11.3 Å². The Labute approximate surface area is 72.2 Å². The van der Waals surface area contributed by atoms with Gasteiger partial charge in [-0.1, -0.05) is 12.0 Å². The number of nitrogens with one attached hydrogen (secondary N) is 1. The molecule has 0 bridgehead atoms. The molecule has 0 atom stereocenters. The van der Waals surface area contributed by atoms with Crippen LogP contribution in [0.25, 0.3) is 0 Å². The largest absolute Gasteiger partial charge is 0.395 e. The van der Waals surface area contributed by atoms with E-state index in [1.165, 1.54) is 0 Å². The predicted molar refractivity (Wildman–Crippen MR) is 48.3 cm³/mol. The van der Waals surface area contributed by atoms with Gasteiger partial charge in [0, 0.05) is 17.8 Å². The van der Waals surface area contributed by atoms with Gasteiger partial charge in [-0.15, -0.1) is 0 Å². The molecule has 1 rings (SSSR count). The zero-order chi connectivity index (χ0) is 8.81. The highest BCUT2D eigenvalue weighted by molar-refractivity contribution is 5.49. The Morgan fingerprint density at radius 3 is 3.00 bits per heavy atom. The summed E-state index contributed by atoms with van der Waals surface area (Å²) in [6.45, 7) is 0.639. The van der Waals surface area contributed by atoms with Crippen LogP contribution in [0.4, 0.5) is 5.69 Å². The van der Waals surface area contributed by atoms with Crippen molar-refractivity contribution in [3.05, 3.63) is 36.3 Å². The van der Waals surface area contributed by atoms with Crippen LogP contribution in [-0.2, 0) is 0 Å². The fourth-order valence-electron chi connectivity index (χ4n) is 0.907. The fourth-order valence-corrected chi connectivity index (χ4v) is 0.907. The molecule has 0 aliphatic heterocycles. The lowest BCUT2D eigenvalue weighted by Gasteiger charge is -2.03. The molecule has 0 aromatic heterocycles. The quantitative estimate of drug-likeness (QED) is 0.647. The SMILES string of the molecule is [C]#Cc1cccc(NCCO)c1. The smallest absolute Gasteiger partial charge is 0.0604 e. The molecule has 2 heteroatoms. The van der Waals surface area contributed by atoms with E-state index in [2.05, 4.69) is 11.2 Å². The maximum Gasteiger partial charge on any atom is 0.0604 e. The number of aliphatic hydroxyl groups is 1. The van der Waals surface area contributed by atoms with Crippen molar-refractivity contribution in [3.63, 3.8) is 0 Å². The number of hydrogen-bond acceptors (Lipinski definition) is 2. The Kier molecular flexibility index (Phi) is 3.18. The molecule has 0 aliphatic carbocycles. The Morgan fingerprint density at radius 2 is 2.33 bits per heavy atom. The summed E-state index contributed by atoms with van der Waals surface area (Å²) in [5.41, 5.74) is 1.64. The van der Waals surface area contributed by atoms with E-state index >= 15 is 0 Å². The summed E-state index contributed by atoms with van der Waals surface area (Å²) in [6.07, 6.45) is 6.89. The molecule has 0 spiro atoms. The molecule has 2 nitrogen and oxygen atoms in total. The number of benzene rings is 1. The first-order valence-electron chi connectivity index (χ1n) is 3.74. The maximum atomic E-state index is 8.54. The van der Waals surface area contributed by atoms with Gasteiger partial charge >= 0.3 is 0 Å². The fraction of sp³-hybridized carbons (Fsp3) is 0.200. The van der Waals surface area contributed by atoms with Gasteiger partial charge in [-0.05, 0) is 24.6 Å². The third kappa shape index (κ3) is 2.30. The zero-order valence-electron chi connectivity index (χ0n) is 6.67. The summed E-state index contributed by atoms with van der Waals surface area (Å²) in [4.78, 5) is 0. The van der Waals surface area contributed by atoms with Gasteiger partial charge in [0.15, 0.2) is 0 Å². The summed E-state index contributed by atoms with van der Waals surface area (Å²) < 4.78 is 0. The van der Waals surface area contributed by atoms with E-state index in [9.17, 15) is 0 Å². The molecule has 0 unspecified atom stereocenters. The van der Waals surface area contributed by atoms with Crippen LogP contribution < -0.4 is 5.32 Å². The van der Waals surface area contributed by atoms with Crippen LogP contribution in [0.15, 0.2) is 24.3 Å². The number of aliphatic hydroxyl groups excluding tert-OH is 1. The topological polar surface area (TPSA) is 32.3 Å². The second-order valence-corrected chi connectivity index (χ2v) is 2.36. The van der Waals surface area contributed by atoms with Crippen molar-refractivity contribution in [1.29, 1.82) is 0 Å². The van der Waals surface area contributed by atoms with Crippen LogP contribution in [0.5, 0.6) is 0 Å². The lowest BCUT2D eigenvalue weighted by atomic mass is 10.2. The molecular weight excluding hydrogens is 150 g/mol. The number of rotatable bonds is 3. The van der Waals surface area contributed by atoms with Crippen LogP contribution in [0.1, 0.15) is 5.56 Å². The van der Waals surface area contributed by atoms with E-state index < -0.39 is 0 Å². The van der Waals surface area contributed by atoms with Gasteiger partial charge in [-0.3, -0.25) is 0 Å². The van der Waals surface area contributed by atoms with Crippen molar-refractivity contribution in [1.82, 2.24) is 0 Å². The van der Waals surface area contributed by atoms with Crippen molar-refractivity contribution >= 4 is 5.69 Å². The Hall–Kier alpha value is -1.46. The standard InChI is InChI=1S/C10H10NO/c1-2-9-4-3-5-10(8-9)11-6-7-12/h3-5,8,11-12H,6-7H2. The van der Waals surface area contributed by atoms with E-state index in [4.69, 9.17) is 11.5 Å². The normalized spacial score (nSPS) is 9.00. The summed E-state index contributed by atoms with van der Waals surface area (Å²) in [5, 5.41) is 11.5. The highest BCUT2D eigenvalue weighted by Crippen LogP contribution is 2.08. The summed E-state index contributed by atoms with van der Waals surface area (Å²) in [7, 11) is 0. The van der Waals surface area contributed by atoms with Crippen LogP contribution >= 0.6 is 0 Å². The van der Waals surface area contributed by atoms with Gasteiger partial charge in [0.1, 0.15) is 0 Å². The van der Waals surface area contributed by atoms with Crippen molar-refractivity contribution in [2.75, 3.05) is 18.5 Å². The lowest BCUT2D eigenvalue weighted by Crippen LogP contribution is -2.05. The van der Waals surface area contributed by atoms with Gasteiger partial charge in [0.05, 0.1) is 6.61 Å². The predicted octanol–water partition coefficient (Wildman–Crippen LogP) is 1.03. The highest BCUT2D eigenvalue weighted by atomic mass is 16.3. The van der Waals surface area contributed by atoms with Crippen LogP contribution in [0, 0.1) is 12.3 Å². The first-order valence-corrected chi connectivity index (χ1v) is 3.74. The molecule has 0 saturated carbocycles. The van der Waals surface area contributed by atoms with Crippen LogP contribution in [0.2, 0.25) is 0 Å². The molecule has 1 aromatic rings. The van der Waals surface area contributed by atoms with Crippen molar-refractivity contribution in [3.8, 4) is 5.92 Å². The first kappa shape index (κ1) is 8.63. The molecule has 61 valence electrons. The van der Waals surface area contributed by atoms with Crippen molar-refractivity contribution < 1.29 is 5.11 Å². The molecule has 12 heavy (non-hydrogen) atoms. The molecule has 0 aliphatic rings. The summed E-state index contributed by atoms with van der Waals surface area (Å²) in [6, 6.07) is 7.34. The van der Waals surface area contributed by atoms with Crippen molar-refractivity contribution in [2.24, 2.45) is 0 Å². The minimum atomic E-state index is 0.110. The maximum absolute atomic E-state index is 8.54. The first-order chi connectivity index (χ1) is 5.86. The Morgan fingerprint density at radius 1 is 1.50 bits per heavy atom. The average molecular weight is 160 g/mol. The molecule has 2 N–H and O–H groups in total. The molecule has 1 radical (unpaired) electrons. The molecule has 1 aromatic carbocycles. The second kappa shape index (κ2) is 4.42. The lowest BCUT2D eigenvalue weighted by molar-refractivity contribution is 0.311. The minimum Gasteiger partial charge on any atom is -0.395 e. The van der Waals surface area contributed by atoms with Gasteiger partial charge in [0.25, 0.3) is 0 Å². The molecule has 0 heterocycles. The Bertz CT molecular complexity index is 288. The van der Waals surface area contributed by atoms with Crippen LogP contribution in [0.3, 0.4) is 0 Å². The van der Waals surface area contributed by atoms with Gasteiger partial charge in [-0.2, -0.15) is 0 Å². The average Bonchev–Trinajstić information content (AvgIpc) is 2.15. The molecule has 0 saturated heterocycles. The zero-order valence-corrected chi connectivity index (χ0v) is 6.67. The van der Waals surface area contributed by atoms with E-state index in [1.54, 1.807) is 6.07 Å². The molecule has 0 amide bonds. The third-order valence-electron chi connectivity index (χ3n) is 1.45. The summed E-state index contributed by atoms with van der Waals surface area (Å²) >= 11 is 0. The van der Waals surface area contributed by atoms with Gasteiger partial charge in [-0.25, -0.2) is 0 Å².